The van der Waals surface area contributed by atoms with Gasteiger partial charge in [0.15, 0.2) is 0 Å². The van der Waals surface area contributed by atoms with E-state index in [1.807, 2.05) is 32.9 Å². The second-order valence-electron chi connectivity index (χ2n) is 6.92. The van der Waals surface area contributed by atoms with E-state index in [-0.39, 0.29) is 16.9 Å². The van der Waals surface area contributed by atoms with Crippen LogP contribution in [-0.2, 0) is 16.4 Å². The predicted octanol–water partition coefficient (Wildman–Crippen LogP) is 4.32. The molecule has 6 nitrogen and oxygen atoms in total. The topological polar surface area (TPSA) is 75.7 Å². The Morgan fingerprint density at radius 2 is 1.66 bits per heavy atom. The molecular weight excluding hydrogens is 388 g/mol. The Bertz CT molecular complexity index is 934. The minimum absolute atomic E-state index is 0.119. The number of carbonyl (C=O) groups excluding carboxylic acids is 1. The highest BCUT2D eigenvalue weighted by Crippen LogP contribution is 2.30. The summed E-state index contributed by atoms with van der Waals surface area (Å²) in [6, 6.07) is 11.9. The zero-order valence-corrected chi connectivity index (χ0v) is 18.5. The first kappa shape index (κ1) is 22.9. The summed E-state index contributed by atoms with van der Waals surface area (Å²) < 4.78 is 32.9. The fourth-order valence-corrected chi connectivity index (χ4v) is 4.41. The number of hydrogen-bond donors (Lipinski definition) is 1. The number of benzene rings is 2. The van der Waals surface area contributed by atoms with Crippen LogP contribution in [0.1, 0.15) is 50.5 Å². The summed E-state index contributed by atoms with van der Waals surface area (Å²) in [5, 5.41) is 2.81. The molecule has 29 heavy (non-hydrogen) atoms. The van der Waals surface area contributed by atoms with Gasteiger partial charge < -0.3 is 10.1 Å². The number of ether oxygens (including phenoxy) is 1. The first-order chi connectivity index (χ1) is 13.7. The smallest absolute Gasteiger partial charge is 0.255 e. The summed E-state index contributed by atoms with van der Waals surface area (Å²) in [5.41, 5.74) is 1.96. The summed E-state index contributed by atoms with van der Waals surface area (Å²) in [6.07, 6.45) is 0.763. The molecule has 0 heterocycles. The largest absolute Gasteiger partial charge is 0.489 e. The molecule has 1 N–H and O–H groups in total. The van der Waals surface area contributed by atoms with Crippen LogP contribution >= 0.6 is 0 Å². The number of nitrogens with one attached hydrogen (secondary N) is 1. The fraction of sp³-hybridized carbons (Fsp3) is 0.409. The standard InChI is InChI=1S/C22H30N2O4S/c1-6-17-9-11-18(12-10-17)22(25)23-20-15-19(13-14-21(20)28-16(4)5)29(26,27)24(7-2)8-3/h9-16H,6-8H2,1-5H3,(H,23,25). The maximum Gasteiger partial charge on any atom is 0.255 e. The minimum atomic E-state index is -3.65. The number of anilines is 1. The third-order valence-corrected chi connectivity index (χ3v) is 6.58. The molecule has 0 fully saturated rings. The van der Waals surface area contributed by atoms with Gasteiger partial charge >= 0.3 is 0 Å². The van der Waals surface area contributed by atoms with Crippen LogP contribution in [0.5, 0.6) is 5.75 Å². The van der Waals surface area contributed by atoms with Gasteiger partial charge in [0.2, 0.25) is 10.0 Å². The van der Waals surface area contributed by atoms with Crippen LogP contribution in [0.3, 0.4) is 0 Å². The number of hydrogen-bond acceptors (Lipinski definition) is 4. The molecule has 158 valence electrons. The first-order valence-electron chi connectivity index (χ1n) is 9.94. The van der Waals surface area contributed by atoms with E-state index in [0.29, 0.717) is 30.1 Å². The van der Waals surface area contributed by atoms with Gasteiger partial charge in [0, 0.05) is 18.7 Å². The Balaban J connectivity index is 2.42. The molecule has 2 aromatic carbocycles. The number of nitrogens with zero attached hydrogens (tertiary/aromatic N) is 1. The van der Waals surface area contributed by atoms with Gasteiger partial charge in [0.05, 0.1) is 16.7 Å². The molecule has 7 heteroatoms. The van der Waals surface area contributed by atoms with Crippen molar-refractivity contribution in [2.24, 2.45) is 0 Å². The molecule has 0 saturated carbocycles. The second-order valence-corrected chi connectivity index (χ2v) is 8.86. The number of carbonyl (C=O) groups is 1. The Hall–Kier alpha value is -2.38. The van der Waals surface area contributed by atoms with Crippen LogP contribution in [0.15, 0.2) is 47.4 Å². The van der Waals surface area contributed by atoms with Crippen LogP contribution in [0.4, 0.5) is 5.69 Å². The molecule has 0 aliphatic rings. The third-order valence-electron chi connectivity index (χ3n) is 4.53. The van der Waals surface area contributed by atoms with Crippen LogP contribution in [-0.4, -0.2) is 37.8 Å². The summed E-state index contributed by atoms with van der Waals surface area (Å²) >= 11 is 0. The van der Waals surface area contributed by atoms with Crippen molar-refractivity contribution >= 4 is 21.6 Å². The molecule has 0 spiro atoms. The Kier molecular flexibility index (Phi) is 7.81. The van der Waals surface area contributed by atoms with Gasteiger partial charge in [0.1, 0.15) is 5.75 Å². The Labute approximate surface area is 173 Å². The quantitative estimate of drug-likeness (QED) is 0.658. The van der Waals surface area contributed by atoms with E-state index in [2.05, 4.69) is 5.32 Å². The first-order valence-corrected chi connectivity index (χ1v) is 11.4. The lowest BCUT2D eigenvalue weighted by Gasteiger charge is -2.20. The van der Waals surface area contributed by atoms with Gasteiger partial charge in [-0.1, -0.05) is 32.9 Å². The zero-order chi connectivity index (χ0) is 21.6. The van der Waals surface area contributed by atoms with Crippen LogP contribution in [0.2, 0.25) is 0 Å². The van der Waals surface area contributed by atoms with Gasteiger partial charge in [0.25, 0.3) is 5.91 Å². The minimum Gasteiger partial charge on any atom is -0.489 e. The molecule has 2 aromatic rings. The van der Waals surface area contributed by atoms with Gasteiger partial charge in [-0.25, -0.2) is 8.42 Å². The molecule has 0 aliphatic carbocycles. The number of sulfonamides is 1. The molecule has 0 radical (unpaired) electrons. The molecule has 0 aliphatic heterocycles. The molecule has 0 atom stereocenters. The monoisotopic (exact) mass is 418 g/mol. The summed E-state index contributed by atoms with van der Waals surface area (Å²) in [4.78, 5) is 12.9. The van der Waals surface area contributed by atoms with Crippen LogP contribution in [0, 0.1) is 0 Å². The van der Waals surface area contributed by atoms with Crippen molar-refractivity contribution in [1.29, 1.82) is 0 Å². The summed E-state index contributed by atoms with van der Waals surface area (Å²) in [7, 11) is -3.65. The Morgan fingerprint density at radius 1 is 1.03 bits per heavy atom. The number of amides is 1. The Morgan fingerprint density at radius 3 is 2.17 bits per heavy atom. The molecule has 1 amide bonds. The highest BCUT2D eigenvalue weighted by Gasteiger charge is 2.23. The lowest BCUT2D eigenvalue weighted by atomic mass is 10.1. The molecular formula is C22H30N2O4S. The van der Waals surface area contributed by atoms with E-state index in [9.17, 15) is 13.2 Å². The lowest BCUT2D eigenvalue weighted by molar-refractivity contribution is 0.102. The average Bonchev–Trinajstić information content (AvgIpc) is 2.69. The maximum absolute atomic E-state index is 12.9. The van der Waals surface area contributed by atoms with Gasteiger partial charge in [-0.15, -0.1) is 0 Å². The highest BCUT2D eigenvalue weighted by atomic mass is 32.2. The fourth-order valence-electron chi connectivity index (χ4n) is 2.92. The van der Waals surface area contributed by atoms with Crippen molar-refractivity contribution in [3.8, 4) is 5.75 Å². The van der Waals surface area contributed by atoms with Gasteiger partial charge in [-0.2, -0.15) is 4.31 Å². The van der Waals surface area contributed by atoms with Gasteiger partial charge in [-0.05, 0) is 56.2 Å². The van der Waals surface area contributed by atoms with Crippen molar-refractivity contribution in [3.63, 3.8) is 0 Å². The van der Waals surface area contributed by atoms with Crippen molar-refractivity contribution in [2.45, 2.75) is 52.0 Å². The van der Waals surface area contributed by atoms with E-state index in [0.717, 1.165) is 12.0 Å². The highest BCUT2D eigenvalue weighted by molar-refractivity contribution is 7.89. The molecule has 0 bridgehead atoms. The SMILES string of the molecule is CCc1ccc(C(=O)Nc2cc(S(=O)(=O)N(CC)CC)ccc2OC(C)C)cc1. The van der Waals surface area contributed by atoms with E-state index in [1.54, 1.807) is 32.0 Å². The normalized spacial score (nSPS) is 11.7. The maximum atomic E-state index is 12.9. The van der Waals surface area contributed by atoms with E-state index in [4.69, 9.17) is 4.74 Å². The summed E-state index contributed by atoms with van der Waals surface area (Å²) in [5.74, 6) is 0.107. The van der Waals surface area contributed by atoms with Crippen molar-refractivity contribution in [2.75, 3.05) is 18.4 Å². The van der Waals surface area contributed by atoms with Crippen LogP contribution < -0.4 is 10.1 Å². The number of rotatable bonds is 9. The predicted molar refractivity (Wildman–Crippen MR) is 116 cm³/mol. The van der Waals surface area contributed by atoms with Gasteiger partial charge in [-0.3, -0.25) is 4.79 Å². The average molecular weight is 419 g/mol. The van der Waals surface area contributed by atoms with Crippen molar-refractivity contribution in [1.82, 2.24) is 4.31 Å². The lowest BCUT2D eigenvalue weighted by Crippen LogP contribution is -2.30. The van der Waals surface area contributed by atoms with E-state index >= 15 is 0 Å². The van der Waals surface area contributed by atoms with Crippen molar-refractivity contribution < 1.29 is 17.9 Å². The zero-order valence-electron chi connectivity index (χ0n) is 17.7. The van der Waals surface area contributed by atoms with E-state index < -0.39 is 10.0 Å². The summed E-state index contributed by atoms with van der Waals surface area (Å²) in [6.45, 7) is 10.1. The van der Waals surface area contributed by atoms with E-state index in [1.165, 1.54) is 16.4 Å². The molecule has 2 rings (SSSR count). The molecule has 0 unspecified atom stereocenters. The van der Waals surface area contributed by atoms with Crippen LogP contribution in [0.25, 0.3) is 0 Å². The second kappa shape index (κ2) is 9.89. The van der Waals surface area contributed by atoms with Crippen molar-refractivity contribution in [3.05, 3.63) is 53.6 Å². The molecule has 0 aromatic heterocycles. The number of aryl methyl sites for hydroxylation is 1. The molecule has 0 saturated heterocycles. The third kappa shape index (κ3) is 5.58.